The lowest BCUT2D eigenvalue weighted by molar-refractivity contribution is 0.659. The van der Waals surface area contributed by atoms with Crippen molar-refractivity contribution in [2.45, 2.75) is 38.5 Å². The van der Waals surface area contributed by atoms with Gasteiger partial charge in [-0.3, -0.25) is 0 Å². The van der Waals surface area contributed by atoms with E-state index in [4.69, 9.17) is 8.83 Å². The van der Waals surface area contributed by atoms with Gasteiger partial charge in [-0.15, -0.1) is 0 Å². The molecule has 3 nitrogen and oxygen atoms in total. The van der Waals surface area contributed by atoms with E-state index in [1.54, 1.807) is 0 Å². The summed E-state index contributed by atoms with van der Waals surface area (Å²) in [5.74, 6) is 0. The Kier molecular flexibility index (Phi) is 6.85. The highest BCUT2D eigenvalue weighted by molar-refractivity contribution is 6.28. The minimum absolute atomic E-state index is 0.188. The normalized spacial score (nSPS) is 14.5. The maximum atomic E-state index is 7.29. The van der Waals surface area contributed by atoms with Gasteiger partial charge < -0.3 is 13.7 Å². The molecule has 290 valence electrons. The van der Waals surface area contributed by atoms with Crippen LogP contribution in [0.15, 0.2) is 185 Å². The lowest BCUT2D eigenvalue weighted by atomic mass is 9.82. The topological polar surface area (TPSA) is 29.5 Å². The van der Waals surface area contributed by atoms with Gasteiger partial charge in [0.15, 0.2) is 5.58 Å². The number of hydrogen-bond donors (Lipinski definition) is 0. The lowest BCUT2D eigenvalue weighted by Gasteiger charge is -2.31. The van der Waals surface area contributed by atoms with E-state index >= 15 is 0 Å². The molecule has 0 radical (unpaired) electrons. The highest BCUT2D eigenvalue weighted by Crippen LogP contribution is 2.56. The van der Waals surface area contributed by atoms with Gasteiger partial charge >= 0.3 is 0 Å². The van der Waals surface area contributed by atoms with Gasteiger partial charge in [-0.2, -0.15) is 0 Å². The maximum Gasteiger partial charge on any atom is 0.160 e. The molecule has 0 amide bonds. The molecule has 2 aliphatic carbocycles. The van der Waals surface area contributed by atoms with Crippen LogP contribution in [0, 0.1) is 0 Å². The molecule has 13 rings (SSSR count). The second kappa shape index (κ2) is 12.1. The number of furan rings is 2. The molecule has 2 aromatic heterocycles. The molecule has 0 aliphatic heterocycles. The number of hydrogen-bond acceptors (Lipinski definition) is 3. The van der Waals surface area contributed by atoms with Gasteiger partial charge in [-0.1, -0.05) is 155 Å². The Morgan fingerprint density at radius 3 is 1.56 bits per heavy atom. The van der Waals surface area contributed by atoms with Crippen LogP contribution in [0.25, 0.3) is 88.0 Å². The Labute approximate surface area is 354 Å². The molecule has 0 spiro atoms. The van der Waals surface area contributed by atoms with Crippen molar-refractivity contribution in [2.24, 2.45) is 0 Å². The van der Waals surface area contributed by atoms with Crippen LogP contribution < -0.4 is 4.90 Å². The van der Waals surface area contributed by atoms with Crippen molar-refractivity contribution in [2.75, 3.05) is 4.90 Å². The van der Waals surface area contributed by atoms with E-state index in [9.17, 15) is 0 Å². The molecule has 9 aromatic carbocycles. The molecule has 3 heteroatoms. The van der Waals surface area contributed by atoms with E-state index in [0.717, 1.165) is 72.1 Å². The Balaban J connectivity index is 1.17. The first-order valence-corrected chi connectivity index (χ1v) is 21.3. The standard InChI is InChI=1S/C58H41NO2/c1-57(2)46-21-10-7-17-39(46)41-26-24-35(32-48(41)57)59(36-25-27-42-40-18-8-11-22-47(40)58(3,4)49(42)33-36)55-43(38-20-13-15-34-14-5-6-16-37(34)38)28-29-45-54-52(61-56(45)55)31-30-51-53(54)44-19-9-12-23-50(44)60-51/h5-33H,1-4H3. The molecule has 0 bridgehead atoms. The number of nitrogens with zero attached hydrogens (tertiary/aromatic N) is 1. The number of para-hydroxylation sites is 1. The summed E-state index contributed by atoms with van der Waals surface area (Å²) < 4.78 is 13.8. The smallest absolute Gasteiger partial charge is 0.160 e. The average Bonchev–Trinajstić information content (AvgIpc) is 3.99. The van der Waals surface area contributed by atoms with Gasteiger partial charge in [0.2, 0.25) is 0 Å². The molecule has 0 atom stereocenters. The van der Waals surface area contributed by atoms with E-state index in [1.807, 2.05) is 6.07 Å². The summed E-state index contributed by atoms with van der Waals surface area (Å²) in [5.41, 5.74) is 19.0. The SMILES string of the molecule is CC1(C)c2ccccc2-c2ccc(N(c3ccc4c(c3)C(C)(C)c3ccccc3-4)c3c(-c4cccc5ccccc45)ccc4c3oc3ccc5oc6ccccc6c5c34)cc21. The summed E-state index contributed by atoms with van der Waals surface area (Å²) in [4.78, 5) is 2.49. The fourth-order valence-corrected chi connectivity index (χ4v) is 11.1. The summed E-state index contributed by atoms with van der Waals surface area (Å²) in [6.45, 7) is 9.46. The highest BCUT2D eigenvalue weighted by Gasteiger charge is 2.38. The van der Waals surface area contributed by atoms with E-state index < -0.39 is 0 Å². The molecule has 11 aromatic rings. The first kappa shape index (κ1) is 34.5. The Morgan fingerprint density at radius 1 is 0.361 bits per heavy atom. The fourth-order valence-electron chi connectivity index (χ4n) is 11.1. The molecule has 0 fully saturated rings. The molecule has 0 unspecified atom stereocenters. The predicted molar refractivity (Wildman–Crippen MR) is 254 cm³/mol. The average molecular weight is 784 g/mol. The largest absolute Gasteiger partial charge is 0.456 e. The number of anilines is 3. The van der Waals surface area contributed by atoms with Crippen LogP contribution in [0.5, 0.6) is 0 Å². The Bertz CT molecular complexity index is 3560. The van der Waals surface area contributed by atoms with Crippen LogP contribution in [0.4, 0.5) is 17.1 Å². The van der Waals surface area contributed by atoms with Crippen molar-refractivity contribution < 1.29 is 8.83 Å². The van der Waals surface area contributed by atoms with E-state index in [-0.39, 0.29) is 10.8 Å². The number of rotatable bonds is 4. The molecule has 0 saturated heterocycles. The molecular formula is C58H41NO2. The van der Waals surface area contributed by atoms with E-state index in [1.165, 1.54) is 55.3 Å². The maximum absolute atomic E-state index is 7.29. The van der Waals surface area contributed by atoms with Crippen LogP contribution in [0.3, 0.4) is 0 Å². The first-order valence-electron chi connectivity index (χ1n) is 21.3. The lowest BCUT2D eigenvalue weighted by Crippen LogP contribution is -2.18. The van der Waals surface area contributed by atoms with Crippen LogP contribution in [-0.2, 0) is 10.8 Å². The van der Waals surface area contributed by atoms with Crippen LogP contribution in [-0.4, -0.2) is 0 Å². The second-order valence-corrected chi connectivity index (χ2v) is 18.0. The quantitative estimate of drug-likeness (QED) is 0.178. The highest BCUT2D eigenvalue weighted by atomic mass is 16.3. The van der Waals surface area contributed by atoms with Gasteiger partial charge in [0, 0.05) is 49.3 Å². The fraction of sp³-hybridized carbons (Fsp3) is 0.103. The molecular weight excluding hydrogens is 743 g/mol. The van der Waals surface area contributed by atoms with Gasteiger partial charge in [0.25, 0.3) is 0 Å². The first-order chi connectivity index (χ1) is 29.8. The van der Waals surface area contributed by atoms with Crippen LogP contribution in [0.2, 0.25) is 0 Å². The minimum atomic E-state index is -0.188. The van der Waals surface area contributed by atoms with Gasteiger partial charge in [-0.25, -0.2) is 0 Å². The summed E-state index contributed by atoms with van der Waals surface area (Å²) in [6, 6.07) is 64.4. The summed E-state index contributed by atoms with van der Waals surface area (Å²) >= 11 is 0. The second-order valence-electron chi connectivity index (χ2n) is 18.0. The predicted octanol–water partition coefficient (Wildman–Crippen LogP) is 16.4. The van der Waals surface area contributed by atoms with Gasteiger partial charge in [0.1, 0.15) is 16.7 Å². The molecule has 2 aliphatic rings. The van der Waals surface area contributed by atoms with Crippen LogP contribution >= 0.6 is 0 Å². The zero-order chi connectivity index (χ0) is 40.8. The zero-order valence-corrected chi connectivity index (χ0v) is 34.5. The van der Waals surface area contributed by atoms with Crippen molar-refractivity contribution in [1.82, 2.24) is 0 Å². The monoisotopic (exact) mass is 783 g/mol. The third-order valence-corrected chi connectivity index (χ3v) is 14.1. The molecule has 2 heterocycles. The van der Waals surface area contributed by atoms with Crippen LogP contribution in [0.1, 0.15) is 49.9 Å². The zero-order valence-electron chi connectivity index (χ0n) is 34.5. The third kappa shape index (κ3) is 4.64. The molecule has 0 N–H and O–H groups in total. The van der Waals surface area contributed by atoms with Gasteiger partial charge in [0.05, 0.1) is 5.69 Å². The van der Waals surface area contributed by atoms with Crippen molar-refractivity contribution in [1.29, 1.82) is 0 Å². The van der Waals surface area contributed by atoms with Crippen molar-refractivity contribution >= 4 is 71.7 Å². The van der Waals surface area contributed by atoms with Crippen molar-refractivity contribution in [3.05, 3.63) is 198 Å². The van der Waals surface area contributed by atoms with Crippen molar-refractivity contribution in [3.63, 3.8) is 0 Å². The summed E-state index contributed by atoms with van der Waals surface area (Å²) in [7, 11) is 0. The number of fused-ring (bicyclic) bond motifs is 14. The van der Waals surface area contributed by atoms with Crippen molar-refractivity contribution in [3.8, 4) is 33.4 Å². The summed E-state index contributed by atoms with van der Waals surface area (Å²) in [6.07, 6.45) is 0. The minimum Gasteiger partial charge on any atom is -0.456 e. The number of benzene rings is 9. The van der Waals surface area contributed by atoms with E-state index in [2.05, 4.69) is 202 Å². The molecule has 0 saturated carbocycles. The Morgan fingerprint density at radius 2 is 0.869 bits per heavy atom. The molecule has 61 heavy (non-hydrogen) atoms. The summed E-state index contributed by atoms with van der Waals surface area (Å²) in [5, 5.41) is 6.68. The van der Waals surface area contributed by atoms with Gasteiger partial charge in [-0.05, 0) is 109 Å². The third-order valence-electron chi connectivity index (χ3n) is 14.1. The Hall–Kier alpha value is -7.36. The van der Waals surface area contributed by atoms with E-state index in [0.29, 0.717) is 0 Å².